The summed E-state index contributed by atoms with van der Waals surface area (Å²) in [5.41, 5.74) is 0.875. The van der Waals surface area contributed by atoms with Crippen LogP contribution in [0.2, 0.25) is 5.02 Å². The number of hydrogen-bond donors (Lipinski definition) is 2. The SMILES string of the molecule is COc1cc2cc(c1Cl)N(C)C(=O)CCC1OC1[C@H](C)C1C[C@@](O)(NC(=O)O1)[C@H](OC)/C=C/C=C(\C)C2. The molecule has 4 bridgehead atoms. The normalized spacial score (nSPS) is 34.9. The van der Waals surface area contributed by atoms with E-state index < -0.39 is 24.0 Å². The lowest BCUT2D eigenvalue weighted by Gasteiger charge is -2.41. The maximum Gasteiger partial charge on any atom is 0.409 e. The highest BCUT2D eigenvalue weighted by atomic mass is 35.5. The summed E-state index contributed by atoms with van der Waals surface area (Å²) in [7, 11) is 4.73. The molecule has 4 rings (SSSR count). The first-order valence-corrected chi connectivity index (χ1v) is 12.8. The number of hydrogen-bond acceptors (Lipinski definition) is 7. The minimum absolute atomic E-state index is 0.0956. The first-order valence-electron chi connectivity index (χ1n) is 12.4. The zero-order chi connectivity index (χ0) is 26.9. The number of alkyl carbamates (subject to hydrolysis) is 1. The molecular formula is C27H35ClN2O7. The van der Waals surface area contributed by atoms with Crippen molar-refractivity contribution in [2.45, 2.75) is 69.7 Å². The van der Waals surface area contributed by atoms with E-state index in [1.807, 2.05) is 32.1 Å². The van der Waals surface area contributed by atoms with Gasteiger partial charge in [-0.05, 0) is 37.5 Å². The summed E-state index contributed by atoms with van der Waals surface area (Å²) in [5, 5.41) is 14.3. The van der Waals surface area contributed by atoms with Crippen molar-refractivity contribution < 1.29 is 33.6 Å². The van der Waals surface area contributed by atoms with Gasteiger partial charge < -0.3 is 29.0 Å². The number of methoxy groups -OCH3 is 2. The summed E-state index contributed by atoms with van der Waals surface area (Å²) in [4.78, 5) is 27.0. The van der Waals surface area contributed by atoms with E-state index in [1.54, 1.807) is 31.2 Å². The average Bonchev–Trinajstić information content (AvgIpc) is 3.63. The quantitative estimate of drug-likeness (QED) is 0.556. The van der Waals surface area contributed by atoms with Gasteiger partial charge in [-0.25, -0.2) is 4.79 Å². The number of amides is 2. The number of epoxide rings is 1. The number of anilines is 1. The molecule has 3 unspecified atom stereocenters. The van der Waals surface area contributed by atoms with Gasteiger partial charge in [-0.15, -0.1) is 0 Å². The van der Waals surface area contributed by atoms with Crippen molar-refractivity contribution in [2.75, 3.05) is 26.2 Å². The summed E-state index contributed by atoms with van der Waals surface area (Å²) >= 11 is 6.58. The van der Waals surface area contributed by atoms with Crippen LogP contribution in [-0.2, 0) is 25.4 Å². The molecule has 9 nitrogen and oxygen atoms in total. The van der Waals surface area contributed by atoms with Gasteiger partial charge in [0.2, 0.25) is 5.91 Å². The van der Waals surface area contributed by atoms with E-state index in [2.05, 4.69) is 5.32 Å². The van der Waals surface area contributed by atoms with Gasteiger partial charge in [-0.3, -0.25) is 10.1 Å². The fraction of sp³-hybridized carbons (Fsp3) is 0.556. The molecule has 3 aliphatic rings. The van der Waals surface area contributed by atoms with Crippen LogP contribution in [0, 0.1) is 5.92 Å². The zero-order valence-corrected chi connectivity index (χ0v) is 22.6. The third-order valence-electron chi connectivity index (χ3n) is 7.37. The number of aliphatic hydroxyl groups is 1. The van der Waals surface area contributed by atoms with Crippen LogP contribution in [-0.4, -0.2) is 68.5 Å². The Morgan fingerprint density at radius 2 is 2.00 bits per heavy atom. The Labute approximate surface area is 222 Å². The van der Waals surface area contributed by atoms with E-state index in [0.717, 1.165) is 11.1 Å². The molecule has 0 aliphatic carbocycles. The Balaban J connectivity index is 1.68. The molecule has 3 aliphatic heterocycles. The van der Waals surface area contributed by atoms with Crippen LogP contribution < -0.4 is 15.0 Å². The average molecular weight is 535 g/mol. The van der Waals surface area contributed by atoms with Gasteiger partial charge in [0.15, 0.2) is 5.72 Å². The lowest BCUT2D eigenvalue weighted by Crippen LogP contribution is -2.63. The number of rotatable bonds is 2. The second kappa shape index (κ2) is 11.0. The Morgan fingerprint density at radius 1 is 1.24 bits per heavy atom. The molecule has 0 saturated carbocycles. The fourth-order valence-electron chi connectivity index (χ4n) is 5.12. The van der Waals surface area contributed by atoms with Crippen molar-refractivity contribution in [3.8, 4) is 5.75 Å². The Kier molecular flexibility index (Phi) is 8.18. The minimum atomic E-state index is -1.65. The van der Waals surface area contributed by atoms with Crippen LogP contribution in [0.1, 0.15) is 38.7 Å². The van der Waals surface area contributed by atoms with E-state index in [1.165, 1.54) is 7.11 Å². The maximum absolute atomic E-state index is 13.1. The Hall–Kier alpha value is -2.59. The summed E-state index contributed by atoms with van der Waals surface area (Å²) < 4.78 is 22.4. The van der Waals surface area contributed by atoms with Gasteiger partial charge in [-0.1, -0.05) is 42.3 Å². The van der Waals surface area contributed by atoms with Crippen LogP contribution in [0.3, 0.4) is 0 Å². The van der Waals surface area contributed by atoms with Crippen molar-refractivity contribution >= 4 is 29.3 Å². The van der Waals surface area contributed by atoms with E-state index in [9.17, 15) is 14.7 Å². The van der Waals surface area contributed by atoms with E-state index in [4.69, 9.17) is 30.5 Å². The topological polar surface area (TPSA) is 110 Å². The molecule has 0 spiro atoms. The van der Waals surface area contributed by atoms with Gasteiger partial charge in [-0.2, -0.15) is 0 Å². The second-order valence-electron chi connectivity index (χ2n) is 10.0. The molecule has 10 heteroatoms. The number of halogens is 1. The summed E-state index contributed by atoms with van der Waals surface area (Å²) in [5.74, 6) is 0.213. The first-order chi connectivity index (χ1) is 17.6. The number of fused-ring (bicyclic) bond motifs is 5. The number of carbonyl (C=O) groups excluding carboxylic acids is 2. The Morgan fingerprint density at radius 3 is 2.70 bits per heavy atom. The van der Waals surface area contributed by atoms with Gasteiger partial charge in [0.1, 0.15) is 23.0 Å². The Bertz CT molecular complexity index is 1110. The second-order valence-corrected chi connectivity index (χ2v) is 10.4. The molecule has 2 fully saturated rings. The lowest BCUT2D eigenvalue weighted by atomic mass is 9.87. The molecule has 0 aromatic heterocycles. The maximum atomic E-state index is 13.1. The summed E-state index contributed by atoms with van der Waals surface area (Å²) in [6.07, 6.45) is 4.48. The van der Waals surface area contributed by atoms with Crippen molar-refractivity contribution in [3.63, 3.8) is 0 Å². The first kappa shape index (κ1) is 27.4. The molecule has 2 amide bonds. The highest BCUT2D eigenvalue weighted by Gasteiger charge is 2.52. The zero-order valence-electron chi connectivity index (χ0n) is 21.8. The highest BCUT2D eigenvalue weighted by molar-refractivity contribution is 6.35. The number of nitrogens with one attached hydrogen (secondary N) is 1. The van der Waals surface area contributed by atoms with Crippen LogP contribution in [0.15, 0.2) is 35.9 Å². The summed E-state index contributed by atoms with van der Waals surface area (Å²) in [6.45, 7) is 3.89. The minimum Gasteiger partial charge on any atom is -0.495 e. The van der Waals surface area contributed by atoms with Gasteiger partial charge >= 0.3 is 6.09 Å². The predicted octanol–water partition coefficient (Wildman–Crippen LogP) is 3.76. The molecule has 37 heavy (non-hydrogen) atoms. The largest absolute Gasteiger partial charge is 0.495 e. The monoisotopic (exact) mass is 534 g/mol. The number of allylic oxidation sites excluding steroid dienone is 3. The van der Waals surface area contributed by atoms with Crippen molar-refractivity contribution in [1.29, 1.82) is 0 Å². The van der Waals surface area contributed by atoms with Gasteiger partial charge in [0, 0.05) is 32.9 Å². The molecule has 202 valence electrons. The third kappa shape index (κ3) is 5.95. The van der Waals surface area contributed by atoms with Crippen molar-refractivity contribution in [1.82, 2.24) is 5.32 Å². The molecule has 1 aromatic carbocycles. The molecule has 3 heterocycles. The number of ether oxygens (including phenoxy) is 4. The standard InChI is InChI=1S/C27H35ClN2O7/c1-15-7-6-8-22(35-5)27(33)14-21(37-26(32)29-27)16(2)25-19(36-25)9-10-23(31)30(3)18-12-17(11-15)13-20(34-4)24(18)28/h6-8,12-13,16,19,21-22,25,33H,9-11,14H2,1-5H3,(H,29,32)/b8-6+,15-7+/t16-,19?,21?,22-,25?,27+/m1/s1. The van der Waals surface area contributed by atoms with Crippen molar-refractivity contribution in [3.05, 3.63) is 46.5 Å². The molecule has 2 saturated heterocycles. The predicted molar refractivity (Wildman–Crippen MR) is 139 cm³/mol. The van der Waals surface area contributed by atoms with Crippen LogP contribution in [0.5, 0.6) is 5.75 Å². The van der Waals surface area contributed by atoms with Gasteiger partial charge in [0.25, 0.3) is 0 Å². The molecule has 1 aromatic rings. The fourth-order valence-corrected chi connectivity index (χ4v) is 5.43. The third-order valence-corrected chi connectivity index (χ3v) is 7.75. The molecule has 6 atom stereocenters. The van der Waals surface area contributed by atoms with Crippen molar-refractivity contribution in [2.24, 2.45) is 5.92 Å². The molecule has 0 radical (unpaired) electrons. The molecule has 2 N–H and O–H groups in total. The lowest BCUT2D eigenvalue weighted by molar-refractivity contribution is -0.142. The van der Waals surface area contributed by atoms with Crippen LogP contribution in [0.4, 0.5) is 10.5 Å². The van der Waals surface area contributed by atoms with Crippen LogP contribution in [0.25, 0.3) is 0 Å². The summed E-state index contributed by atoms with van der Waals surface area (Å²) in [6, 6.07) is 3.75. The van der Waals surface area contributed by atoms with Crippen LogP contribution >= 0.6 is 11.6 Å². The van der Waals surface area contributed by atoms with E-state index >= 15 is 0 Å². The highest BCUT2D eigenvalue weighted by Crippen LogP contribution is 2.40. The van der Waals surface area contributed by atoms with Gasteiger partial charge in [0.05, 0.1) is 25.0 Å². The molecular weight excluding hydrogens is 500 g/mol. The van der Waals surface area contributed by atoms with E-state index in [0.29, 0.717) is 29.3 Å². The number of carbonyl (C=O) groups is 2. The number of nitrogens with zero attached hydrogens (tertiary/aromatic N) is 1. The smallest absolute Gasteiger partial charge is 0.409 e. The van der Waals surface area contributed by atoms with E-state index in [-0.39, 0.29) is 36.9 Å². The number of benzene rings is 1.